The predicted octanol–water partition coefficient (Wildman–Crippen LogP) is 1.77. The van der Waals surface area contributed by atoms with Crippen LogP contribution in [-0.4, -0.2) is 83.0 Å². The molecule has 9 nitrogen and oxygen atoms in total. The molecule has 0 bridgehead atoms. The van der Waals surface area contributed by atoms with Crippen LogP contribution >= 0.6 is 0 Å². The van der Waals surface area contributed by atoms with E-state index < -0.39 is 0 Å². The third kappa shape index (κ3) is 4.29. The molecule has 5 rings (SSSR count). The van der Waals surface area contributed by atoms with E-state index in [9.17, 15) is 4.79 Å². The molecule has 166 valence electrons. The van der Waals surface area contributed by atoms with Crippen molar-refractivity contribution < 1.29 is 9.53 Å². The van der Waals surface area contributed by atoms with Crippen molar-refractivity contribution in [1.29, 1.82) is 0 Å². The van der Waals surface area contributed by atoms with Crippen LogP contribution in [0.1, 0.15) is 16.2 Å². The summed E-state index contributed by atoms with van der Waals surface area (Å²) in [6.45, 7) is 7.85. The highest BCUT2D eigenvalue weighted by Crippen LogP contribution is 2.22. The van der Waals surface area contributed by atoms with E-state index in [-0.39, 0.29) is 5.91 Å². The molecule has 0 radical (unpaired) electrons. The van der Waals surface area contributed by atoms with Gasteiger partial charge in [0.2, 0.25) is 0 Å². The first-order valence-corrected chi connectivity index (χ1v) is 11.0. The van der Waals surface area contributed by atoms with Crippen LogP contribution in [0.3, 0.4) is 0 Å². The van der Waals surface area contributed by atoms with Gasteiger partial charge >= 0.3 is 0 Å². The molecule has 1 amide bonds. The number of nitrogens with zero attached hydrogens (tertiary/aromatic N) is 7. The number of carbonyl (C=O) groups excluding carboxylic acids is 1. The van der Waals surface area contributed by atoms with Crippen LogP contribution < -0.4 is 9.80 Å². The summed E-state index contributed by atoms with van der Waals surface area (Å²) >= 11 is 0. The molecule has 0 N–H and O–H groups in total. The van der Waals surface area contributed by atoms with E-state index >= 15 is 0 Å². The zero-order valence-corrected chi connectivity index (χ0v) is 18.2. The third-order valence-electron chi connectivity index (χ3n) is 5.90. The number of aryl methyl sites for hydroxylation is 1. The lowest BCUT2D eigenvalue weighted by atomic mass is 10.1. The Bertz CT molecular complexity index is 1070. The Kier molecular flexibility index (Phi) is 5.72. The molecule has 0 saturated carbocycles. The van der Waals surface area contributed by atoms with Crippen molar-refractivity contribution in [2.24, 2.45) is 0 Å². The van der Waals surface area contributed by atoms with Crippen LogP contribution in [0.4, 0.5) is 11.6 Å². The molecule has 9 heteroatoms. The van der Waals surface area contributed by atoms with Gasteiger partial charge in [0, 0.05) is 63.3 Å². The zero-order chi connectivity index (χ0) is 21.9. The minimum Gasteiger partial charge on any atom is -0.378 e. The van der Waals surface area contributed by atoms with Crippen molar-refractivity contribution in [3.05, 3.63) is 60.2 Å². The molecule has 2 aliphatic heterocycles. The summed E-state index contributed by atoms with van der Waals surface area (Å²) < 4.78 is 7.22. The number of amides is 1. The van der Waals surface area contributed by atoms with Gasteiger partial charge < -0.3 is 19.4 Å². The first kappa shape index (κ1) is 20.4. The van der Waals surface area contributed by atoms with E-state index in [0.717, 1.165) is 62.5 Å². The molecule has 32 heavy (non-hydrogen) atoms. The Morgan fingerprint density at radius 1 is 0.906 bits per heavy atom. The Morgan fingerprint density at radius 2 is 1.62 bits per heavy atom. The summed E-state index contributed by atoms with van der Waals surface area (Å²) in [4.78, 5) is 28.8. The van der Waals surface area contributed by atoms with Crippen LogP contribution in [-0.2, 0) is 4.74 Å². The van der Waals surface area contributed by atoms with Crippen LogP contribution in [0.2, 0.25) is 0 Å². The molecule has 1 aromatic carbocycles. The van der Waals surface area contributed by atoms with E-state index in [1.165, 1.54) is 0 Å². The number of hydrogen-bond acceptors (Lipinski definition) is 7. The normalized spacial score (nSPS) is 17.0. The van der Waals surface area contributed by atoms with Crippen molar-refractivity contribution in [3.8, 4) is 5.69 Å². The van der Waals surface area contributed by atoms with Crippen molar-refractivity contribution >= 4 is 17.5 Å². The molecule has 0 aliphatic carbocycles. The number of hydrogen-bond donors (Lipinski definition) is 0. The highest BCUT2D eigenvalue weighted by atomic mass is 16.5. The number of anilines is 2. The summed E-state index contributed by atoms with van der Waals surface area (Å²) in [5.41, 5.74) is 1.56. The number of benzene rings is 1. The third-order valence-corrected chi connectivity index (χ3v) is 5.90. The van der Waals surface area contributed by atoms with Gasteiger partial charge in [0.1, 0.15) is 17.5 Å². The van der Waals surface area contributed by atoms with Crippen LogP contribution in [0.15, 0.2) is 48.8 Å². The van der Waals surface area contributed by atoms with Gasteiger partial charge in [-0.25, -0.2) is 14.6 Å². The SMILES string of the molecule is Cc1nc(N2CCOCC2)cc(N2CCN(C(=O)c3cccc(-n4cccn4)c3)CC2)n1. The fourth-order valence-electron chi connectivity index (χ4n) is 4.18. The molecule has 2 aromatic heterocycles. The molecule has 0 unspecified atom stereocenters. The molecular formula is C23H27N7O2. The minimum absolute atomic E-state index is 0.0477. The number of rotatable bonds is 4. The van der Waals surface area contributed by atoms with Crippen LogP contribution in [0.5, 0.6) is 0 Å². The molecule has 0 atom stereocenters. The molecule has 2 saturated heterocycles. The number of carbonyl (C=O) groups is 1. The lowest BCUT2D eigenvalue weighted by molar-refractivity contribution is 0.0746. The fraction of sp³-hybridized carbons (Fsp3) is 0.391. The minimum atomic E-state index is 0.0477. The molecule has 2 aliphatic rings. The fourth-order valence-corrected chi connectivity index (χ4v) is 4.18. The lowest BCUT2D eigenvalue weighted by Gasteiger charge is -2.36. The van der Waals surface area contributed by atoms with E-state index in [1.807, 2.05) is 48.4 Å². The average molecular weight is 434 g/mol. The van der Waals surface area contributed by atoms with Crippen molar-refractivity contribution in [2.45, 2.75) is 6.92 Å². The highest BCUT2D eigenvalue weighted by molar-refractivity contribution is 5.95. The van der Waals surface area contributed by atoms with Crippen LogP contribution in [0, 0.1) is 6.92 Å². The largest absolute Gasteiger partial charge is 0.378 e. The van der Waals surface area contributed by atoms with E-state index in [4.69, 9.17) is 4.74 Å². The maximum atomic E-state index is 13.1. The molecule has 4 heterocycles. The quantitative estimate of drug-likeness (QED) is 0.620. The second-order valence-electron chi connectivity index (χ2n) is 8.01. The van der Waals surface area contributed by atoms with E-state index in [0.29, 0.717) is 18.7 Å². The highest BCUT2D eigenvalue weighted by Gasteiger charge is 2.24. The van der Waals surface area contributed by atoms with Gasteiger partial charge in [0.15, 0.2) is 0 Å². The number of morpholine rings is 1. The van der Waals surface area contributed by atoms with Gasteiger partial charge in [0.25, 0.3) is 5.91 Å². The van der Waals surface area contributed by atoms with Gasteiger partial charge in [-0.2, -0.15) is 5.10 Å². The number of ether oxygens (including phenoxy) is 1. The standard InChI is InChI=1S/C23H27N7O2/c1-18-25-21(17-22(26-18)28-12-14-32-15-13-28)27-8-10-29(11-9-27)23(31)19-4-2-5-20(16-19)30-7-3-6-24-30/h2-7,16-17H,8-15H2,1H3. The van der Waals surface area contributed by atoms with Gasteiger partial charge in [0.05, 0.1) is 18.9 Å². The van der Waals surface area contributed by atoms with E-state index in [1.54, 1.807) is 10.9 Å². The summed E-state index contributed by atoms with van der Waals surface area (Å²) in [5.74, 6) is 2.68. The molecular weight excluding hydrogens is 406 g/mol. The topological polar surface area (TPSA) is 79.6 Å². The van der Waals surface area contributed by atoms with Crippen molar-refractivity contribution in [3.63, 3.8) is 0 Å². The summed E-state index contributed by atoms with van der Waals surface area (Å²) in [6, 6.07) is 11.5. The molecule has 0 spiro atoms. The van der Waals surface area contributed by atoms with Crippen LogP contribution in [0.25, 0.3) is 5.69 Å². The Balaban J connectivity index is 1.26. The first-order chi connectivity index (χ1) is 15.7. The summed E-state index contributed by atoms with van der Waals surface area (Å²) in [6.07, 6.45) is 3.60. The van der Waals surface area contributed by atoms with Gasteiger partial charge in [-0.3, -0.25) is 4.79 Å². The van der Waals surface area contributed by atoms with Gasteiger partial charge in [-0.15, -0.1) is 0 Å². The summed E-state index contributed by atoms with van der Waals surface area (Å²) in [7, 11) is 0. The van der Waals surface area contributed by atoms with E-state index in [2.05, 4.69) is 30.9 Å². The average Bonchev–Trinajstić information content (AvgIpc) is 3.39. The van der Waals surface area contributed by atoms with Gasteiger partial charge in [-0.05, 0) is 31.2 Å². The monoisotopic (exact) mass is 433 g/mol. The van der Waals surface area contributed by atoms with Crippen molar-refractivity contribution in [1.82, 2.24) is 24.6 Å². The zero-order valence-electron chi connectivity index (χ0n) is 18.2. The Morgan fingerprint density at radius 3 is 2.31 bits per heavy atom. The first-order valence-electron chi connectivity index (χ1n) is 11.0. The number of piperazine rings is 1. The summed E-state index contributed by atoms with van der Waals surface area (Å²) in [5, 5.41) is 4.25. The van der Waals surface area contributed by atoms with Crippen molar-refractivity contribution in [2.75, 3.05) is 62.3 Å². The predicted molar refractivity (Wildman–Crippen MR) is 121 cm³/mol. The maximum Gasteiger partial charge on any atom is 0.254 e. The molecule has 2 fully saturated rings. The number of aromatic nitrogens is 4. The maximum absolute atomic E-state index is 13.1. The molecule has 3 aromatic rings. The lowest BCUT2D eigenvalue weighted by Crippen LogP contribution is -2.49. The van der Waals surface area contributed by atoms with Gasteiger partial charge in [-0.1, -0.05) is 6.07 Å². The Labute approximate surface area is 187 Å². The Hall–Kier alpha value is -3.46. The second kappa shape index (κ2) is 8.96. The smallest absolute Gasteiger partial charge is 0.254 e. The second-order valence-corrected chi connectivity index (χ2v) is 8.01.